The first kappa shape index (κ1) is 18.4. The molecule has 3 aliphatic rings. The molecule has 7 nitrogen and oxygen atoms in total. The molecular formula is C19H27N5O2S. The van der Waals surface area contributed by atoms with E-state index in [9.17, 15) is 9.00 Å². The monoisotopic (exact) mass is 389 g/mol. The van der Waals surface area contributed by atoms with E-state index < -0.39 is 15.9 Å². The molecule has 2 amide bonds. The molecule has 3 N–H and O–H groups in total. The summed E-state index contributed by atoms with van der Waals surface area (Å²) in [4.78, 5) is 12.6. The van der Waals surface area contributed by atoms with Crippen LogP contribution in [0.4, 0.5) is 4.79 Å². The van der Waals surface area contributed by atoms with Gasteiger partial charge in [-0.15, -0.1) is 4.36 Å². The van der Waals surface area contributed by atoms with Crippen LogP contribution in [-0.4, -0.2) is 20.0 Å². The maximum Gasteiger partial charge on any atom is 0.354 e. The number of nitrogens with one attached hydrogen (secondary N) is 1. The smallest absolute Gasteiger partial charge is 0.305 e. The maximum absolute atomic E-state index is 12.8. The molecule has 1 aromatic heterocycles. The molecule has 0 bridgehead atoms. The van der Waals surface area contributed by atoms with Crippen LogP contribution in [0.3, 0.4) is 0 Å². The lowest BCUT2D eigenvalue weighted by Crippen LogP contribution is -2.27. The summed E-state index contributed by atoms with van der Waals surface area (Å²) in [7, 11) is -3.37. The van der Waals surface area contributed by atoms with Crippen molar-refractivity contribution in [1.29, 1.82) is 0 Å². The molecule has 8 heteroatoms. The zero-order valence-corrected chi connectivity index (χ0v) is 16.7. The molecule has 0 saturated heterocycles. The van der Waals surface area contributed by atoms with Crippen LogP contribution in [0.15, 0.2) is 44.1 Å². The van der Waals surface area contributed by atoms with Gasteiger partial charge in [-0.25, -0.2) is 14.1 Å². The van der Waals surface area contributed by atoms with Gasteiger partial charge in [0.25, 0.3) is 0 Å². The summed E-state index contributed by atoms with van der Waals surface area (Å²) < 4.78 is 18.2. The summed E-state index contributed by atoms with van der Waals surface area (Å²) in [5.41, 5.74) is 5.03. The predicted octanol–water partition coefficient (Wildman–Crippen LogP) is 3.81. The second-order valence-corrected chi connectivity index (χ2v) is 9.69. The number of carbonyl (C=O) groups is 1. The number of amides is 2. The summed E-state index contributed by atoms with van der Waals surface area (Å²) in [5.74, 6) is 0.543. The lowest BCUT2D eigenvalue weighted by atomic mass is 9.84. The third-order valence-corrected chi connectivity index (χ3v) is 7.06. The van der Waals surface area contributed by atoms with Crippen molar-refractivity contribution in [2.45, 2.75) is 69.9 Å². The first-order valence-electron chi connectivity index (χ1n) is 9.70. The summed E-state index contributed by atoms with van der Waals surface area (Å²) in [5, 5.41) is 13.1. The van der Waals surface area contributed by atoms with Crippen LogP contribution in [0.5, 0.6) is 0 Å². The second kappa shape index (κ2) is 6.91. The van der Waals surface area contributed by atoms with E-state index in [0.29, 0.717) is 5.92 Å². The lowest BCUT2D eigenvalue weighted by Gasteiger charge is -2.25. The Morgan fingerprint density at radius 3 is 2.93 bits per heavy atom. The number of aromatic nitrogens is 2. The van der Waals surface area contributed by atoms with Gasteiger partial charge in [0.15, 0.2) is 14.9 Å². The van der Waals surface area contributed by atoms with E-state index in [1.807, 2.05) is 13.8 Å². The van der Waals surface area contributed by atoms with Crippen LogP contribution in [-0.2, 0) is 9.92 Å². The molecule has 146 valence electrons. The van der Waals surface area contributed by atoms with Crippen LogP contribution < -0.4 is 10.5 Å². The van der Waals surface area contributed by atoms with E-state index in [1.165, 1.54) is 23.1 Å². The molecule has 0 aliphatic heterocycles. The van der Waals surface area contributed by atoms with E-state index >= 15 is 0 Å². The molecule has 4 rings (SSSR count). The molecule has 0 radical (unpaired) electrons. The largest absolute Gasteiger partial charge is 0.354 e. The predicted molar refractivity (Wildman–Crippen MR) is 104 cm³/mol. The van der Waals surface area contributed by atoms with Gasteiger partial charge in [-0.05, 0) is 81.9 Å². The van der Waals surface area contributed by atoms with Gasteiger partial charge < -0.3 is 5.32 Å². The third kappa shape index (κ3) is 3.48. The van der Waals surface area contributed by atoms with Gasteiger partial charge >= 0.3 is 6.03 Å². The minimum absolute atomic E-state index is 0.115. The molecule has 0 aromatic carbocycles. The second-order valence-electron chi connectivity index (χ2n) is 7.95. The Kier molecular flexibility index (Phi) is 4.71. The average Bonchev–Trinajstić information content (AvgIpc) is 3.34. The summed E-state index contributed by atoms with van der Waals surface area (Å²) in [6.45, 7) is 3.92. The van der Waals surface area contributed by atoms with Crippen molar-refractivity contribution in [3.63, 3.8) is 0 Å². The van der Waals surface area contributed by atoms with Crippen LogP contribution in [0.25, 0.3) is 0 Å². The standard InChI is InChI=1S/C19H27N5O2S/c1-12(2)24-10-9-17(22-24)27(20,26)23-19(25)21-18-15-7-3-5-13(15)11-14-6-4-8-16(14)18/h9-10,12-13H,3-8,11H2,1-2H3,(H3,20,21,23,25,26). The van der Waals surface area contributed by atoms with E-state index in [0.717, 1.165) is 44.2 Å². The average molecular weight is 390 g/mol. The number of carbonyl (C=O) groups excluding carboxylic acids is 1. The topological polar surface area (TPSA) is 102 Å². The Morgan fingerprint density at radius 1 is 1.37 bits per heavy atom. The number of fused-ring (bicyclic) bond motifs is 1. The van der Waals surface area contributed by atoms with Gasteiger partial charge in [0.1, 0.15) is 0 Å². The molecule has 1 aromatic rings. The highest BCUT2D eigenvalue weighted by Crippen LogP contribution is 2.48. The van der Waals surface area contributed by atoms with E-state index in [1.54, 1.807) is 16.9 Å². The van der Waals surface area contributed by atoms with Crippen molar-refractivity contribution in [1.82, 2.24) is 15.1 Å². The van der Waals surface area contributed by atoms with Gasteiger partial charge in [0.2, 0.25) is 0 Å². The summed E-state index contributed by atoms with van der Waals surface area (Å²) >= 11 is 0. The molecule has 3 aliphatic carbocycles. The number of nitrogens with zero attached hydrogens (tertiary/aromatic N) is 3. The van der Waals surface area contributed by atoms with E-state index in [2.05, 4.69) is 14.8 Å². The van der Waals surface area contributed by atoms with Crippen LogP contribution in [0, 0.1) is 5.92 Å². The number of nitrogens with two attached hydrogens (primary N) is 1. The lowest BCUT2D eigenvalue weighted by molar-refractivity contribution is 0.251. The van der Waals surface area contributed by atoms with E-state index in [4.69, 9.17) is 5.14 Å². The Bertz CT molecular complexity index is 962. The van der Waals surface area contributed by atoms with Gasteiger partial charge in [-0.2, -0.15) is 5.10 Å². The Hall–Kier alpha value is -1.93. The van der Waals surface area contributed by atoms with Crippen molar-refractivity contribution in [2.24, 2.45) is 15.4 Å². The number of allylic oxidation sites excluding steroid dienone is 3. The highest BCUT2D eigenvalue weighted by Gasteiger charge is 2.34. The molecular weight excluding hydrogens is 362 g/mol. The summed E-state index contributed by atoms with van der Waals surface area (Å²) in [6, 6.07) is 1.03. The van der Waals surface area contributed by atoms with Crippen molar-refractivity contribution in [3.8, 4) is 0 Å². The fourth-order valence-electron chi connectivity index (χ4n) is 4.52. The Labute approximate surface area is 160 Å². The Morgan fingerprint density at radius 2 is 2.19 bits per heavy atom. The number of urea groups is 1. The van der Waals surface area contributed by atoms with Crippen LogP contribution in [0.2, 0.25) is 0 Å². The molecule has 2 unspecified atom stereocenters. The van der Waals surface area contributed by atoms with Crippen LogP contribution in [0.1, 0.15) is 64.8 Å². The zero-order valence-electron chi connectivity index (χ0n) is 15.9. The molecule has 1 fully saturated rings. The van der Waals surface area contributed by atoms with Crippen molar-refractivity contribution < 1.29 is 9.00 Å². The zero-order chi connectivity index (χ0) is 19.2. The van der Waals surface area contributed by atoms with Crippen LogP contribution >= 0.6 is 0 Å². The Balaban J connectivity index is 1.61. The quantitative estimate of drug-likeness (QED) is 0.821. The van der Waals surface area contributed by atoms with Gasteiger partial charge in [-0.3, -0.25) is 4.68 Å². The maximum atomic E-state index is 12.8. The first-order valence-corrected chi connectivity index (χ1v) is 11.3. The molecule has 2 atom stereocenters. The minimum Gasteiger partial charge on any atom is -0.305 e. The molecule has 27 heavy (non-hydrogen) atoms. The number of rotatable bonds is 3. The first-order chi connectivity index (χ1) is 12.8. The SMILES string of the molecule is CC(C)n1ccc(S(N)(=O)=NC(=O)NC2=C3CCCC3CC3=C2CCC3)n1. The molecule has 1 heterocycles. The van der Waals surface area contributed by atoms with E-state index in [-0.39, 0.29) is 11.1 Å². The van der Waals surface area contributed by atoms with Crippen molar-refractivity contribution in [2.75, 3.05) is 0 Å². The fraction of sp³-hybridized carbons (Fsp3) is 0.579. The summed E-state index contributed by atoms with van der Waals surface area (Å²) in [6.07, 6.45) is 9.47. The van der Waals surface area contributed by atoms with Gasteiger partial charge in [-0.1, -0.05) is 5.57 Å². The minimum atomic E-state index is -3.37. The third-order valence-electron chi connectivity index (χ3n) is 5.80. The number of hydrogen-bond donors (Lipinski definition) is 2. The van der Waals surface area contributed by atoms with Gasteiger partial charge in [0, 0.05) is 17.9 Å². The van der Waals surface area contributed by atoms with Crippen molar-refractivity contribution in [3.05, 3.63) is 34.7 Å². The normalized spacial score (nSPS) is 24.1. The fourth-order valence-corrected chi connectivity index (χ4v) is 5.37. The molecule has 0 spiro atoms. The van der Waals surface area contributed by atoms with Crippen molar-refractivity contribution >= 4 is 15.9 Å². The molecule has 1 saturated carbocycles. The highest BCUT2D eigenvalue weighted by atomic mass is 32.2. The highest BCUT2D eigenvalue weighted by molar-refractivity contribution is 7.91. The van der Waals surface area contributed by atoms with Gasteiger partial charge in [0.05, 0.1) is 0 Å². The number of hydrogen-bond acceptors (Lipinski definition) is 3.